The Bertz CT molecular complexity index is 1880. The largest absolute Gasteiger partial charge is 0.366 e. The van der Waals surface area contributed by atoms with Gasteiger partial charge in [0.1, 0.15) is 11.6 Å². The molecule has 6 rings (SSSR count). The predicted octanol–water partition coefficient (Wildman–Crippen LogP) is 5.01. The summed E-state index contributed by atoms with van der Waals surface area (Å²) in [6.45, 7) is 2.83. The van der Waals surface area contributed by atoms with E-state index in [1.54, 1.807) is 36.4 Å². The van der Waals surface area contributed by atoms with E-state index in [-0.39, 0.29) is 22.6 Å². The van der Waals surface area contributed by atoms with E-state index in [1.807, 2.05) is 11.9 Å². The zero-order valence-corrected chi connectivity index (χ0v) is 22.7. The first-order valence-corrected chi connectivity index (χ1v) is 13.4. The smallest absolute Gasteiger partial charge is 0.258 e. The Morgan fingerprint density at radius 1 is 0.857 bits per heavy atom. The van der Waals surface area contributed by atoms with Gasteiger partial charge in [-0.15, -0.1) is 0 Å². The number of aromatic amines is 1. The molecular weight excluding hydrogens is 540 g/mol. The van der Waals surface area contributed by atoms with Crippen molar-refractivity contribution < 1.29 is 23.2 Å². The van der Waals surface area contributed by atoms with Crippen molar-refractivity contribution in [3.8, 4) is 11.1 Å². The molecule has 1 aliphatic rings. The zero-order valence-electron chi connectivity index (χ0n) is 22.7. The fraction of sp³-hybridized carbons (Fsp3) is 0.156. The van der Waals surface area contributed by atoms with Crippen LogP contribution in [0.15, 0.2) is 72.8 Å². The number of likely N-dealkylation sites (N-methyl/N-ethyl adjacent to an activating group) is 1. The van der Waals surface area contributed by atoms with Crippen LogP contribution in [0.1, 0.15) is 31.1 Å². The minimum atomic E-state index is -0.763. The maximum absolute atomic E-state index is 16.0. The molecule has 0 spiro atoms. The molecule has 3 amide bonds. The summed E-state index contributed by atoms with van der Waals surface area (Å²) in [4.78, 5) is 45.7. The fourth-order valence-electron chi connectivity index (χ4n) is 5.41. The van der Waals surface area contributed by atoms with Crippen LogP contribution in [0.2, 0.25) is 0 Å². The Labute approximate surface area is 239 Å². The van der Waals surface area contributed by atoms with Crippen LogP contribution in [0, 0.1) is 11.6 Å². The second kappa shape index (κ2) is 10.7. The monoisotopic (exact) mass is 567 g/mol. The zero-order chi connectivity index (χ0) is 29.5. The van der Waals surface area contributed by atoms with Crippen LogP contribution in [0.25, 0.3) is 32.9 Å². The lowest BCUT2D eigenvalue weighted by Gasteiger charge is -2.32. The van der Waals surface area contributed by atoms with Gasteiger partial charge in [-0.1, -0.05) is 24.3 Å². The molecule has 2 heterocycles. The van der Waals surface area contributed by atoms with Gasteiger partial charge in [0.25, 0.3) is 17.7 Å². The Kier molecular flexibility index (Phi) is 6.91. The van der Waals surface area contributed by atoms with Crippen molar-refractivity contribution in [2.75, 3.05) is 38.5 Å². The van der Waals surface area contributed by atoms with E-state index in [0.717, 1.165) is 13.1 Å². The molecule has 0 atom stereocenters. The van der Waals surface area contributed by atoms with Crippen molar-refractivity contribution in [3.05, 3.63) is 101 Å². The molecule has 4 N–H and O–H groups in total. The third-order valence-electron chi connectivity index (χ3n) is 7.69. The number of carbonyl (C=O) groups excluding carboxylic acids is 3. The Morgan fingerprint density at radius 2 is 1.60 bits per heavy atom. The third-order valence-corrected chi connectivity index (χ3v) is 7.69. The summed E-state index contributed by atoms with van der Waals surface area (Å²) >= 11 is 0. The molecule has 0 radical (unpaired) electrons. The molecule has 10 heteroatoms. The van der Waals surface area contributed by atoms with E-state index in [9.17, 15) is 18.8 Å². The van der Waals surface area contributed by atoms with Crippen molar-refractivity contribution in [1.29, 1.82) is 0 Å². The molecule has 1 aliphatic heterocycles. The molecule has 5 aromatic rings. The van der Waals surface area contributed by atoms with Gasteiger partial charge in [0.05, 0.1) is 16.6 Å². The van der Waals surface area contributed by atoms with Crippen LogP contribution >= 0.6 is 0 Å². The predicted molar refractivity (Wildman–Crippen MR) is 157 cm³/mol. The molecule has 0 bridgehead atoms. The first kappa shape index (κ1) is 27.1. The maximum atomic E-state index is 16.0. The van der Waals surface area contributed by atoms with Crippen LogP contribution < -0.4 is 11.1 Å². The number of rotatable bonds is 5. The fourth-order valence-corrected chi connectivity index (χ4v) is 5.41. The van der Waals surface area contributed by atoms with Crippen LogP contribution in [0.4, 0.5) is 14.5 Å². The topological polar surface area (TPSA) is 112 Å². The molecule has 1 aromatic heterocycles. The van der Waals surface area contributed by atoms with Gasteiger partial charge in [0.2, 0.25) is 0 Å². The minimum Gasteiger partial charge on any atom is -0.366 e. The molecule has 0 aliphatic carbocycles. The van der Waals surface area contributed by atoms with Crippen LogP contribution in [0.3, 0.4) is 0 Å². The van der Waals surface area contributed by atoms with Gasteiger partial charge >= 0.3 is 0 Å². The lowest BCUT2D eigenvalue weighted by molar-refractivity contribution is 0.0664. The number of hydrogen-bond acceptors (Lipinski definition) is 4. The summed E-state index contributed by atoms with van der Waals surface area (Å²) in [7, 11) is 2.02. The lowest BCUT2D eigenvalue weighted by atomic mass is 9.94. The van der Waals surface area contributed by atoms with Gasteiger partial charge in [-0.3, -0.25) is 14.4 Å². The number of hydrogen-bond donors (Lipinski definition) is 3. The normalized spacial score (nSPS) is 13.9. The molecule has 42 heavy (non-hydrogen) atoms. The quantitative estimate of drug-likeness (QED) is 0.277. The Morgan fingerprint density at radius 3 is 2.31 bits per heavy atom. The number of primary amides is 1. The summed E-state index contributed by atoms with van der Waals surface area (Å²) < 4.78 is 29.3. The average Bonchev–Trinajstić information content (AvgIpc) is 3.37. The number of fused-ring (bicyclic) bond motifs is 3. The molecule has 212 valence electrons. The number of amides is 3. The molecule has 1 fully saturated rings. The van der Waals surface area contributed by atoms with Gasteiger partial charge < -0.3 is 25.8 Å². The first-order valence-electron chi connectivity index (χ1n) is 13.4. The summed E-state index contributed by atoms with van der Waals surface area (Å²) in [6.07, 6.45) is 0. The lowest BCUT2D eigenvalue weighted by Crippen LogP contribution is -2.47. The van der Waals surface area contributed by atoms with E-state index in [4.69, 9.17) is 5.73 Å². The number of nitrogens with two attached hydrogens (primary N) is 1. The van der Waals surface area contributed by atoms with Gasteiger partial charge in [-0.25, -0.2) is 8.78 Å². The second-order valence-electron chi connectivity index (χ2n) is 10.4. The van der Waals surface area contributed by atoms with Crippen molar-refractivity contribution in [3.63, 3.8) is 0 Å². The van der Waals surface area contributed by atoms with Crippen LogP contribution in [-0.4, -0.2) is 65.7 Å². The summed E-state index contributed by atoms with van der Waals surface area (Å²) in [6, 6.07) is 18.0. The molecule has 0 saturated carbocycles. The molecule has 0 unspecified atom stereocenters. The number of benzene rings is 4. The van der Waals surface area contributed by atoms with Crippen LogP contribution in [0.5, 0.6) is 0 Å². The highest BCUT2D eigenvalue weighted by Crippen LogP contribution is 2.38. The molecule has 8 nitrogen and oxygen atoms in total. The van der Waals surface area contributed by atoms with E-state index < -0.39 is 23.4 Å². The number of nitrogens with one attached hydrogen (secondary N) is 2. The molecule has 4 aromatic carbocycles. The SMILES string of the molecule is CN1CCN(C(=O)c2ccc3c(c2)[nH]c2c(C(N)=O)ccc(-c4cccc(C(=O)Nc5ccc(F)cc5)c4F)c23)CC1. The van der Waals surface area contributed by atoms with Crippen molar-refractivity contribution in [2.24, 2.45) is 5.73 Å². The minimum absolute atomic E-state index is 0.0927. The number of nitrogens with zero attached hydrogens (tertiary/aromatic N) is 2. The van der Waals surface area contributed by atoms with Gasteiger partial charge in [-0.2, -0.15) is 0 Å². The number of H-pyrrole nitrogens is 1. The third kappa shape index (κ3) is 4.86. The van der Waals surface area contributed by atoms with Crippen molar-refractivity contribution >= 4 is 45.2 Å². The number of carbonyl (C=O) groups is 3. The molecule has 1 saturated heterocycles. The van der Waals surface area contributed by atoms with Crippen molar-refractivity contribution in [1.82, 2.24) is 14.8 Å². The highest BCUT2D eigenvalue weighted by molar-refractivity contribution is 6.20. The maximum Gasteiger partial charge on any atom is 0.258 e. The first-order chi connectivity index (χ1) is 20.2. The summed E-state index contributed by atoms with van der Waals surface area (Å²) in [5, 5.41) is 3.79. The second-order valence-corrected chi connectivity index (χ2v) is 10.4. The summed E-state index contributed by atoms with van der Waals surface area (Å²) in [5.41, 5.74) is 8.06. The van der Waals surface area contributed by atoms with Crippen LogP contribution in [-0.2, 0) is 0 Å². The van der Waals surface area contributed by atoms with Gasteiger partial charge in [0, 0.05) is 59.3 Å². The van der Waals surface area contributed by atoms with Gasteiger partial charge in [-0.05, 0) is 61.1 Å². The Hall–Kier alpha value is -5.09. The number of halogens is 2. The highest BCUT2D eigenvalue weighted by atomic mass is 19.1. The van der Waals surface area contributed by atoms with Gasteiger partial charge in [0.15, 0.2) is 0 Å². The summed E-state index contributed by atoms with van der Waals surface area (Å²) in [5.74, 6) is -2.68. The number of piperazine rings is 1. The average molecular weight is 568 g/mol. The molecular formula is C32H27F2N5O3. The standard InChI is InChI=1S/C32H27F2N5O3/c1-38-13-15-39(16-14-38)32(42)18-5-10-23-26(17-18)37-29-25(30(35)40)12-11-21(27(23)29)22-3-2-4-24(28(22)34)31(41)36-20-8-6-19(33)7-9-20/h2-12,17,37H,13-16H2,1H3,(H2,35,40)(H,36,41). The van der Waals surface area contributed by atoms with E-state index in [0.29, 0.717) is 51.7 Å². The highest BCUT2D eigenvalue weighted by Gasteiger charge is 2.24. The van der Waals surface area contributed by atoms with Crippen molar-refractivity contribution in [2.45, 2.75) is 0 Å². The number of anilines is 1. The van der Waals surface area contributed by atoms with E-state index in [1.165, 1.54) is 36.4 Å². The van der Waals surface area contributed by atoms with E-state index in [2.05, 4.69) is 15.2 Å². The Balaban J connectivity index is 1.44. The number of aromatic nitrogens is 1. The van der Waals surface area contributed by atoms with E-state index >= 15 is 4.39 Å².